The first kappa shape index (κ1) is 6.53. The Labute approximate surface area is 56.4 Å². The van der Waals surface area contributed by atoms with Crippen LogP contribution < -0.4 is 5.43 Å². The van der Waals surface area contributed by atoms with Gasteiger partial charge in [-0.25, -0.2) is 4.79 Å². The molecular weight excluding hydrogens is 136 g/mol. The highest BCUT2D eigenvalue weighted by Gasteiger charge is 2.06. The maximum absolute atomic E-state index is 10.2. The summed E-state index contributed by atoms with van der Waals surface area (Å²) < 4.78 is 0. The highest BCUT2D eigenvalue weighted by atomic mass is 16.4. The number of hydrogen-bond acceptors (Lipinski definition) is 4. The zero-order valence-electron chi connectivity index (χ0n) is 5.27. The Bertz CT molecular complexity index is 243. The summed E-state index contributed by atoms with van der Waals surface area (Å²) in [5.41, 5.74) is 2.51. The van der Waals surface area contributed by atoms with Crippen LogP contribution in [0.3, 0.4) is 0 Å². The molecule has 0 saturated carbocycles. The summed E-state index contributed by atoms with van der Waals surface area (Å²) in [6.07, 6.45) is 1.28. The average molecular weight is 142 g/mol. The van der Waals surface area contributed by atoms with E-state index in [9.17, 15) is 4.79 Å². The zero-order valence-corrected chi connectivity index (χ0v) is 5.27. The molecule has 10 heavy (non-hydrogen) atoms. The van der Waals surface area contributed by atoms with Crippen molar-refractivity contribution in [2.24, 2.45) is 0 Å². The number of hydrogen-bond donors (Lipinski definition) is 2. The summed E-state index contributed by atoms with van der Waals surface area (Å²) in [6, 6.07) is 0. The zero-order chi connectivity index (χ0) is 7.56. The first-order valence-electron chi connectivity index (χ1n) is 2.57. The first-order chi connectivity index (χ1) is 4.74. The standard InChI is InChI=1S/C4H6N4O2/c1-5-8-2-3(4(9)10)6-7-8/h2,5H,1H3,(H,9,10). The topological polar surface area (TPSA) is 80.0 Å². The van der Waals surface area contributed by atoms with E-state index in [0.29, 0.717) is 0 Å². The third-order valence-electron chi connectivity index (χ3n) is 0.942. The van der Waals surface area contributed by atoms with Gasteiger partial charge in [0.2, 0.25) is 0 Å². The minimum absolute atomic E-state index is 0.0747. The fourth-order valence-electron chi connectivity index (χ4n) is 0.471. The SMILES string of the molecule is CNn1cc(C(=O)O)nn1. The van der Waals surface area contributed by atoms with Gasteiger partial charge in [0.05, 0.1) is 6.20 Å². The summed E-state index contributed by atoms with van der Waals surface area (Å²) >= 11 is 0. The Kier molecular flexibility index (Phi) is 1.53. The van der Waals surface area contributed by atoms with Crippen molar-refractivity contribution in [3.8, 4) is 0 Å². The van der Waals surface area contributed by atoms with E-state index in [2.05, 4.69) is 15.7 Å². The third-order valence-corrected chi connectivity index (χ3v) is 0.942. The second-order valence-corrected chi connectivity index (χ2v) is 1.58. The van der Waals surface area contributed by atoms with Crippen LogP contribution in [0.4, 0.5) is 0 Å². The molecule has 0 aromatic carbocycles. The van der Waals surface area contributed by atoms with Gasteiger partial charge in [-0.15, -0.1) is 5.10 Å². The lowest BCUT2D eigenvalue weighted by atomic mass is 10.5. The molecule has 0 aliphatic rings. The smallest absolute Gasteiger partial charge is 0.358 e. The van der Waals surface area contributed by atoms with E-state index in [1.54, 1.807) is 7.05 Å². The van der Waals surface area contributed by atoms with Gasteiger partial charge in [-0.1, -0.05) is 0 Å². The van der Waals surface area contributed by atoms with Crippen LogP contribution in [0.15, 0.2) is 6.20 Å². The molecule has 0 fully saturated rings. The van der Waals surface area contributed by atoms with Crippen LogP contribution in [0.2, 0.25) is 0 Å². The molecule has 2 N–H and O–H groups in total. The lowest BCUT2D eigenvalue weighted by Crippen LogP contribution is -2.08. The molecule has 6 heteroatoms. The second kappa shape index (κ2) is 2.34. The lowest BCUT2D eigenvalue weighted by Gasteiger charge is -1.91. The largest absolute Gasteiger partial charge is 0.476 e. The van der Waals surface area contributed by atoms with Crippen molar-refractivity contribution in [2.75, 3.05) is 12.5 Å². The van der Waals surface area contributed by atoms with Gasteiger partial charge in [0.15, 0.2) is 5.69 Å². The van der Waals surface area contributed by atoms with Gasteiger partial charge in [-0.2, -0.15) is 4.79 Å². The number of aromatic nitrogens is 3. The summed E-state index contributed by atoms with van der Waals surface area (Å²) in [4.78, 5) is 11.4. The van der Waals surface area contributed by atoms with Crippen LogP contribution in [0.25, 0.3) is 0 Å². The minimum Gasteiger partial charge on any atom is -0.476 e. The van der Waals surface area contributed by atoms with E-state index >= 15 is 0 Å². The van der Waals surface area contributed by atoms with E-state index in [-0.39, 0.29) is 5.69 Å². The van der Waals surface area contributed by atoms with Crippen LogP contribution in [-0.2, 0) is 0 Å². The van der Waals surface area contributed by atoms with Crippen LogP contribution in [0, 0.1) is 0 Å². The number of aromatic carboxylic acids is 1. The molecule has 1 heterocycles. The summed E-state index contributed by atoms with van der Waals surface area (Å²) in [5, 5.41) is 15.1. The molecule has 1 aromatic heterocycles. The van der Waals surface area contributed by atoms with Gasteiger partial charge < -0.3 is 10.5 Å². The molecule has 0 radical (unpaired) electrons. The maximum atomic E-state index is 10.2. The fourth-order valence-corrected chi connectivity index (χ4v) is 0.471. The number of nitrogens with zero attached hydrogens (tertiary/aromatic N) is 3. The molecule has 0 aliphatic carbocycles. The van der Waals surface area contributed by atoms with Crippen LogP contribution in [0.5, 0.6) is 0 Å². The molecule has 54 valence electrons. The maximum Gasteiger partial charge on any atom is 0.358 e. The summed E-state index contributed by atoms with van der Waals surface area (Å²) in [5.74, 6) is -1.08. The number of carboxylic acids is 1. The van der Waals surface area contributed by atoms with Crippen molar-refractivity contribution in [1.29, 1.82) is 0 Å². The van der Waals surface area contributed by atoms with Gasteiger partial charge in [-0.3, -0.25) is 0 Å². The summed E-state index contributed by atoms with van der Waals surface area (Å²) in [6.45, 7) is 0. The lowest BCUT2D eigenvalue weighted by molar-refractivity contribution is 0.0690. The number of carbonyl (C=O) groups is 1. The van der Waals surface area contributed by atoms with Crippen molar-refractivity contribution < 1.29 is 9.90 Å². The van der Waals surface area contributed by atoms with E-state index < -0.39 is 5.97 Å². The molecule has 6 nitrogen and oxygen atoms in total. The number of nitrogens with one attached hydrogen (secondary N) is 1. The normalized spacial score (nSPS) is 9.30. The Morgan fingerprint density at radius 2 is 2.60 bits per heavy atom. The highest BCUT2D eigenvalue weighted by Crippen LogP contribution is 1.88. The van der Waals surface area contributed by atoms with Crippen molar-refractivity contribution in [3.63, 3.8) is 0 Å². The Hall–Kier alpha value is -1.59. The second-order valence-electron chi connectivity index (χ2n) is 1.58. The minimum atomic E-state index is -1.08. The Balaban J connectivity index is 2.88. The van der Waals surface area contributed by atoms with E-state index in [4.69, 9.17) is 5.11 Å². The van der Waals surface area contributed by atoms with Gasteiger partial charge in [-0.05, 0) is 5.21 Å². The Morgan fingerprint density at radius 1 is 1.90 bits per heavy atom. The molecule has 0 aliphatic heterocycles. The van der Waals surface area contributed by atoms with Crippen LogP contribution in [0.1, 0.15) is 10.5 Å². The first-order valence-corrected chi connectivity index (χ1v) is 2.57. The number of rotatable bonds is 2. The van der Waals surface area contributed by atoms with Gasteiger partial charge in [0.1, 0.15) is 0 Å². The van der Waals surface area contributed by atoms with Gasteiger partial charge in [0, 0.05) is 7.05 Å². The predicted octanol–water partition coefficient (Wildman–Crippen LogP) is -0.850. The molecule has 0 spiro atoms. The summed E-state index contributed by atoms with van der Waals surface area (Å²) in [7, 11) is 1.61. The van der Waals surface area contributed by atoms with E-state index in [1.165, 1.54) is 11.0 Å². The van der Waals surface area contributed by atoms with Crippen molar-refractivity contribution >= 4 is 5.97 Å². The van der Waals surface area contributed by atoms with E-state index in [0.717, 1.165) is 0 Å². The highest BCUT2D eigenvalue weighted by molar-refractivity contribution is 5.84. The van der Waals surface area contributed by atoms with Gasteiger partial charge in [0.25, 0.3) is 0 Å². The molecule has 1 aromatic rings. The number of carboxylic acid groups (broad SMARTS) is 1. The van der Waals surface area contributed by atoms with Gasteiger partial charge >= 0.3 is 5.97 Å². The van der Waals surface area contributed by atoms with Crippen molar-refractivity contribution in [3.05, 3.63) is 11.9 Å². The third kappa shape index (κ3) is 1.04. The monoisotopic (exact) mass is 142 g/mol. The predicted molar refractivity (Wildman–Crippen MR) is 32.3 cm³/mol. The molecular formula is C4H6N4O2. The Morgan fingerprint density at radius 3 is 2.90 bits per heavy atom. The van der Waals surface area contributed by atoms with E-state index in [1.807, 2.05) is 0 Å². The van der Waals surface area contributed by atoms with Crippen molar-refractivity contribution in [2.45, 2.75) is 0 Å². The molecule has 0 amide bonds. The molecule has 0 atom stereocenters. The average Bonchev–Trinajstić information content (AvgIpc) is 2.34. The van der Waals surface area contributed by atoms with Crippen LogP contribution >= 0.6 is 0 Å². The molecule has 0 saturated heterocycles. The molecule has 0 unspecified atom stereocenters. The molecule has 1 rings (SSSR count). The molecule has 0 bridgehead atoms. The van der Waals surface area contributed by atoms with Crippen LogP contribution in [-0.4, -0.2) is 33.2 Å². The fraction of sp³-hybridized carbons (Fsp3) is 0.250. The quantitative estimate of drug-likeness (QED) is 0.562. The van der Waals surface area contributed by atoms with Crippen molar-refractivity contribution in [1.82, 2.24) is 15.1 Å².